The Hall–Kier alpha value is -4.07. The van der Waals surface area contributed by atoms with Gasteiger partial charge >= 0.3 is 0 Å². The van der Waals surface area contributed by atoms with Gasteiger partial charge in [0.15, 0.2) is 11.5 Å². The Morgan fingerprint density at radius 2 is 2.00 bits per heavy atom. The molecule has 2 aromatic carbocycles. The van der Waals surface area contributed by atoms with Gasteiger partial charge in [-0.3, -0.25) is 4.68 Å². The number of anilines is 2. The maximum atomic E-state index is 6.42. The highest BCUT2D eigenvalue weighted by atomic mass is 16.5. The van der Waals surface area contributed by atoms with E-state index in [9.17, 15) is 0 Å². The first-order valence-electron chi connectivity index (χ1n) is 11.3. The lowest BCUT2D eigenvalue weighted by atomic mass is 10.1. The summed E-state index contributed by atoms with van der Waals surface area (Å²) in [4.78, 5) is 11.2. The van der Waals surface area contributed by atoms with Crippen molar-refractivity contribution < 1.29 is 9.47 Å². The molecule has 0 atom stereocenters. The van der Waals surface area contributed by atoms with Crippen molar-refractivity contribution in [2.24, 2.45) is 7.05 Å². The third-order valence-electron chi connectivity index (χ3n) is 6.31. The van der Waals surface area contributed by atoms with Gasteiger partial charge in [0, 0.05) is 55.5 Å². The van der Waals surface area contributed by atoms with Gasteiger partial charge in [-0.05, 0) is 18.2 Å². The van der Waals surface area contributed by atoms with Gasteiger partial charge in [0.25, 0.3) is 0 Å². The average molecular weight is 457 g/mol. The van der Waals surface area contributed by atoms with Crippen LogP contribution in [0.2, 0.25) is 0 Å². The predicted octanol–water partition coefficient (Wildman–Crippen LogP) is 4.81. The minimum absolute atomic E-state index is 0.0875. The maximum Gasteiger partial charge on any atom is 0.162 e. The monoisotopic (exact) mass is 456 g/mol. The number of likely N-dealkylation sites (tertiary alicyclic amines) is 1. The van der Waals surface area contributed by atoms with Crippen LogP contribution in [0.5, 0.6) is 11.5 Å². The van der Waals surface area contributed by atoms with E-state index < -0.39 is 0 Å². The molecule has 1 N–H and O–H groups in total. The second-order valence-corrected chi connectivity index (χ2v) is 8.38. The topological polar surface area (TPSA) is 77.3 Å². The van der Waals surface area contributed by atoms with E-state index in [4.69, 9.17) is 9.47 Å². The number of ether oxygens (including phenoxy) is 2. The molecule has 0 saturated carbocycles. The molecule has 0 unspecified atom stereocenters. The number of hydrogen-bond donors (Lipinski definition) is 1. The summed E-state index contributed by atoms with van der Waals surface area (Å²) in [6.45, 7) is 9.64. The van der Waals surface area contributed by atoms with Crippen LogP contribution in [0.1, 0.15) is 12.8 Å². The number of fused-ring (bicyclic) bond motifs is 2. The fourth-order valence-electron chi connectivity index (χ4n) is 4.45. The summed E-state index contributed by atoms with van der Waals surface area (Å²) in [5.74, 6) is 2.04. The summed E-state index contributed by atoms with van der Waals surface area (Å²) >= 11 is 0. The van der Waals surface area contributed by atoms with Gasteiger partial charge in [-0.25, -0.2) is 9.97 Å². The second-order valence-electron chi connectivity index (χ2n) is 8.38. The molecule has 1 saturated heterocycles. The lowest BCUT2D eigenvalue weighted by Gasteiger charge is -2.34. The van der Waals surface area contributed by atoms with E-state index in [0.29, 0.717) is 17.3 Å². The highest BCUT2D eigenvalue weighted by Crippen LogP contribution is 2.37. The van der Waals surface area contributed by atoms with Gasteiger partial charge < -0.3 is 19.7 Å². The van der Waals surface area contributed by atoms with Crippen LogP contribution in [0.25, 0.3) is 21.8 Å². The molecule has 8 heteroatoms. The zero-order chi connectivity index (χ0) is 23.7. The van der Waals surface area contributed by atoms with Gasteiger partial charge in [-0.15, -0.1) is 0 Å². The minimum Gasteiger partial charge on any atom is -0.493 e. The van der Waals surface area contributed by atoms with Crippen LogP contribution in [0.4, 0.5) is 11.5 Å². The SMILES string of the molecule is C=CC(=C)N1CCC(Oc2cc3c(Nc4cccc5cnn(C)c45)ncnc3cc2OC)CC1. The number of nitrogens with one attached hydrogen (secondary N) is 1. The number of nitrogens with zero attached hydrogens (tertiary/aromatic N) is 5. The number of piperidine rings is 1. The van der Waals surface area contributed by atoms with Crippen LogP contribution in [0, 0.1) is 0 Å². The third kappa shape index (κ3) is 4.03. The average Bonchev–Trinajstić information content (AvgIpc) is 3.25. The normalized spacial score (nSPS) is 14.4. The van der Waals surface area contributed by atoms with Crippen LogP contribution in [-0.4, -0.2) is 51.0 Å². The van der Waals surface area contributed by atoms with E-state index in [1.807, 2.05) is 48.3 Å². The summed E-state index contributed by atoms with van der Waals surface area (Å²) in [7, 11) is 3.58. The number of benzene rings is 2. The number of aromatic nitrogens is 4. The van der Waals surface area contributed by atoms with Crippen LogP contribution in [0.3, 0.4) is 0 Å². The summed E-state index contributed by atoms with van der Waals surface area (Å²) < 4.78 is 13.9. The number of rotatable bonds is 7. The zero-order valence-electron chi connectivity index (χ0n) is 19.5. The van der Waals surface area contributed by atoms with Crippen molar-refractivity contribution >= 4 is 33.3 Å². The Bertz CT molecular complexity index is 1370. The molecule has 1 fully saturated rings. The Balaban J connectivity index is 1.46. The van der Waals surface area contributed by atoms with Crippen molar-refractivity contribution in [3.05, 3.63) is 67.8 Å². The molecule has 8 nitrogen and oxygen atoms in total. The van der Waals surface area contributed by atoms with Crippen molar-refractivity contribution in [2.45, 2.75) is 18.9 Å². The predicted molar refractivity (Wildman–Crippen MR) is 135 cm³/mol. The van der Waals surface area contributed by atoms with Crippen molar-refractivity contribution in [2.75, 3.05) is 25.5 Å². The van der Waals surface area contributed by atoms with Crippen LogP contribution < -0.4 is 14.8 Å². The zero-order valence-corrected chi connectivity index (χ0v) is 19.5. The van der Waals surface area contributed by atoms with E-state index in [2.05, 4.69) is 38.4 Å². The van der Waals surface area contributed by atoms with Crippen LogP contribution >= 0.6 is 0 Å². The van der Waals surface area contributed by atoms with Crippen molar-refractivity contribution in [1.82, 2.24) is 24.6 Å². The molecule has 4 aromatic rings. The number of methoxy groups -OCH3 is 1. The molecule has 3 heterocycles. The van der Waals surface area contributed by atoms with E-state index >= 15 is 0 Å². The maximum absolute atomic E-state index is 6.42. The molecule has 0 aliphatic carbocycles. The Morgan fingerprint density at radius 1 is 1.18 bits per heavy atom. The third-order valence-corrected chi connectivity index (χ3v) is 6.31. The fourth-order valence-corrected chi connectivity index (χ4v) is 4.45. The quantitative estimate of drug-likeness (QED) is 0.400. The molecule has 0 amide bonds. The molecular formula is C26H28N6O2. The lowest BCUT2D eigenvalue weighted by Crippen LogP contribution is -2.37. The number of hydrogen-bond acceptors (Lipinski definition) is 7. The van der Waals surface area contributed by atoms with Gasteiger partial charge in [0.05, 0.1) is 30.0 Å². The molecule has 34 heavy (non-hydrogen) atoms. The first-order chi connectivity index (χ1) is 16.6. The van der Waals surface area contributed by atoms with Gasteiger partial charge in [-0.2, -0.15) is 5.10 Å². The highest BCUT2D eigenvalue weighted by molar-refractivity contribution is 5.97. The van der Waals surface area contributed by atoms with Gasteiger partial charge in [0.2, 0.25) is 0 Å². The Kier molecular flexibility index (Phi) is 5.79. The molecule has 5 rings (SSSR count). The second kappa shape index (κ2) is 9.05. The van der Waals surface area contributed by atoms with E-state index in [1.165, 1.54) is 0 Å². The summed E-state index contributed by atoms with van der Waals surface area (Å²) in [5, 5.41) is 9.77. The molecule has 0 radical (unpaired) electrons. The molecule has 174 valence electrons. The molecule has 0 spiro atoms. The molecule has 1 aliphatic rings. The summed E-state index contributed by atoms with van der Waals surface area (Å²) in [5.41, 5.74) is 3.66. The smallest absolute Gasteiger partial charge is 0.162 e. The van der Waals surface area contributed by atoms with Gasteiger partial charge in [-0.1, -0.05) is 25.3 Å². The van der Waals surface area contributed by atoms with Crippen molar-refractivity contribution in [3.8, 4) is 11.5 Å². The molecule has 1 aliphatic heterocycles. The molecular weight excluding hydrogens is 428 g/mol. The lowest BCUT2D eigenvalue weighted by molar-refractivity contribution is 0.116. The fraction of sp³-hybridized carbons (Fsp3) is 0.269. The summed E-state index contributed by atoms with van der Waals surface area (Å²) in [6, 6.07) is 9.92. The Labute approximate surface area is 198 Å². The summed E-state index contributed by atoms with van der Waals surface area (Å²) in [6.07, 6.45) is 7.08. The first kappa shape index (κ1) is 21.8. The number of allylic oxidation sites excluding steroid dienone is 1. The van der Waals surface area contributed by atoms with Crippen LogP contribution in [0.15, 0.2) is 67.8 Å². The molecule has 0 bridgehead atoms. The standard InChI is InChI=1S/C26H28N6O2/c1-5-17(2)32-11-9-19(10-12-32)34-24-13-20-22(14-23(24)33-4)27-16-28-26(20)30-21-8-6-7-18-15-29-31(3)25(18)21/h5-8,13-16,19H,1-2,9-12H2,3-4H3,(H,27,28,30). The van der Waals surface area contributed by atoms with E-state index in [1.54, 1.807) is 19.5 Å². The van der Waals surface area contributed by atoms with E-state index in [-0.39, 0.29) is 6.10 Å². The first-order valence-corrected chi connectivity index (χ1v) is 11.3. The largest absolute Gasteiger partial charge is 0.493 e. The van der Waals surface area contributed by atoms with Gasteiger partial charge in [0.1, 0.15) is 18.2 Å². The Morgan fingerprint density at radius 3 is 2.76 bits per heavy atom. The minimum atomic E-state index is 0.0875. The van der Waals surface area contributed by atoms with Crippen LogP contribution in [-0.2, 0) is 7.05 Å². The van der Waals surface area contributed by atoms with Crippen molar-refractivity contribution in [1.29, 1.82) is 0 Å². The van der Waals surface area contributed by atoms with Crippen molar-refractivity contribution in [3.63, 3.8) is 0 Å². The number of para-hydroxylation sites is 1. The van der Waals surface area contributed by atoms with E-state index in [0.717, 1.165) is 59.1 Å². The number of aryl methyl sites for hydroxylation is 1. The molecule has 2 aromatic heterocycles. The highest BCUT2D eigenvalue weighted by Gasteiger charge is 2.22.